The van der Waals surface area contributed by atoms with E-state index in [4.69, 9.17) is 16.7 Å². The fraction of sp³-hybridized carbons (Fsp3) is 0.417. The monoisotopic (exact) mass is 241 g/mol. The van der Waals surface area contributed by atoms with Gasteiger partial charge in [0, 0.05) is 18.1 Å². The van der Waals surface area contributed by atoms with Gasteiger partial charge in [0.25, 0.3) is 0 Å². The van der Waals surface area contributed by atoms with Crippen LogP contribution < -0.4 is 5.32 Å². The van der Waals surface area contributed by atoms with Gasteiger partial charge < -0.3 is 10.4 Å². The molecule has 0 saturated carbocycles. The van der Waals surface area contributed by atoms with Crippen LogP contribution in [-0.2, 0) is 11.3 Å². The van der Waals surface area contributed by atoms with Crippen LogP contribution in [0.25, 0.3) is 0 Å². The topological polar surface area (TPSA) is 49.3 Å². The normalized spacial score (nSPS) is 11.4. The third-order valence-electron chi connectivity index (χ3n) is 2.39. The van der Waals surface area contributed by atoms with Gasteiger partial charge in [-0.1, -0.05) is 23.7 Å². The fourth-order valence-electron chi connectivity index (χ4n) is 1.20. The largest absolute Gasteiger partial charge is 0.481 e. The van der Waals surface area contributed by atoms with Gasteiger partial charge in [0.05, 0.1) is 5.41 Å². The molecule has 3 nitrogen and oxygen atoms in total. The summed E-state index contributed by atoms with van der Waals surface area (Å²) in [6.07, 6.45) is 0. The van der Waals surface area contributed by atoms with Gasteiger partial charge in [-0.25, -0.2) is 0 Å². The molecule has 0 aliphatic carbocycles. The molecular weight excluding hydrogens is 226 g/mol. The Balaban J connectivity index is 2.41. The number of hydrogen-bond acceptors (Lipinski definition) is 2. The van der Waals surface area contributed by atoms with E-state index in [1.54, 1.807) is 13.8 Å². The molecule has 0 spiro atoms. The van der Waals surface area contributed by atoms with Crippen molar-refractivity contribution in [3.63, 3.8) is 0 Å². The van der Waals surface area contributed by atoms with Crippen LogP contribution in [0.1, 0.15) is 19.4 Å². The third kappa shape index (κ3) is 3.83. The van der Waals surface area contributed by atoms with Crippen molar-refractivity contribution in [3.05, 3.63) is 34.9 Å². The van der Waals surface area contributed by atoms with Gasteiger partial charge >= 0.3 is 5.97 Å². The highest BCUT2D eigenvalue weighted by Crippen LogP contribution is 2.14. The van der Waals surface area contributed by atoms with E-state index >= 15 is 0 Å². The van der Waals surface area contributed by atoms with Gasteiger partial charge in [0.15, 0.2) is 0 Å². The maximum atomic E-state index is 10.9. The molecule has 0 aromatic heterocycles. The molecule has 1 aromatic rings. The highest BCUT2D eigenvalue weighted by atomic mass is 35.5. The molecular formula is C12H16ClNO2. The predicted octanol–water partition coefficient (Wildman–Crippen LogP) is 2.54. The molecule has 0 saturated heterocycles. The first-order valence-electron chi connectivity index (χ1n) is 5.10. The van der Waals surface area contributed by atoms with E-state index in [0.29, 0.717) is 18.1 Å². The average molecular weight is 242 g/mol. The Labute approximate surface area is 100 Å². The standard InChI is InChI=1S/C12H16ClNO2/c1-12(2,11(15)16)8-14-7-9-3-5-10(13)6-4-9/h3-6,14H,7-8H2,1-2H3,(H,15,16). The lowest BCUT2D eigenvalue weighted by molar-refractivity contribution is -0.146. The van der Waals surface area contributed by atoms with Crippen molar-refractivity contribution in [1.29, 1.82) is 0 Å². The molecule has 0 fully saturated rings. The van der Waals surface area contributed by atoms with E-state index in [1.165, 1.54) is 0 Å². The predicted molar refractivity (Wildman–Crippen MR) is 64.6 cm³/mol. The summed E-state index contributed by atoms with van der Waals surface area (Å²) < 4.78 is 0. The molecule has 1 aromatic carbocycles. The molecule has 0 aliphatic heterocycles. The van der Waals surface area contributed by atoms with E-state index in [9.17, 15) is 4.79 Å². The molecule has 0 bridgehead atoms. The van der Waals surface area contributed by atoms with Crippen molar-refractivity contribution < 1.29 is 9.90 Å². The van der Waals surface area contributed by atoms with Crippen molar-refractivity contribution in [3.8, 4) is 0 Å². The number of hydrogen-bond donors (Lipinski definition) is 2. The zero-order chi connectivity index (χ0) is 12.2. The molecule has 88 valence electrons. The van der Waals surface area contributed by atoms with Crippen LogP contribution in [-0.4, -0.2) is 17.6 Å². The number of carbonyl (C=O) groups is 1. The highest BCUT2D eigenvalue weighted by Gasteiger charge is 2.26. The smallest absolute Gasteiger partial charge is 0.310 e. The Kier molecular flexibility index (Phi) is 4.33. The summed E-state index contributed by atoms with van der Waals surface area (Å²) in [7, 11) is 0. The van der Waals surface area contributed by atoms with Crippen molar-refractivity contribution in [2.24, 2.45) is 5.41 Å². The number of aliphatic carboxylic acids is 1. The van der Waals surface area contributed by atoms with Gasteiger partial charge in [-0.15, -0.1) is 0 Å². The molecule has 1 rings (SSSR count). The molecule has 0 aliphatic rings. The zero-order valence-electron chi connectivity index (χ0n) is 9.46. The van der Waals surface area contributed by atoms with E-state index < -0.39 is 11.4 Å². The Bertz CT molecular complexity index is 360. The summed E-state index contributed by atoms with van der Waals surface area (Å²) in [5.74, 6) is -0.795. The van der Waals surface area contributed by atoms with Crippen molar-refractivity contribution in [2.75, 3.05) is 6.54 Å². The summed E-state index contributed by atoms with van der Waals surface area (Å²) in [5, 5.41) is 12.7. The fourth-order valence-corrected chi connectivity index (χ4v) is 1.32. The molecule has 0 atom stereocenters. The van der Waals surface area contributed by atoms with E-state index in [-0.39, 0.29) is 0 Å². The zero-order valence-corrected chi connectivity index (χ0v) is 10.2. The van der Waals surface area contributed by atoms with Crippen LogP contribution >= 0.6 is 11.6 Å². The lowest BCUT2D eigenvalue weighted by Crippen LogP contribution is -2.35. The van der Waals surface area contributed by atoms with Gasteiger partial charge in [0.1, 0.15) is 0 Å². The average Bonchev–Trinajstić information content (AvgIpc) is 2.20. The first kappa shape index (κ1) is 13.0. The summed E-state index contributed by atoms with van der Waals surface area (Å²) >= 11 is 5.76. The molecule has 0 unspecified atom stereocenters. The quantitative estimate of drug-likeness (QED) is 0.833. The highest BCUT2D eigenvalue weighted by molar-refractivity contribution is 6.30. The second-order valence-electron chi connectivity index (χ2n) is 4.42. The van der Waals surface area contributed by atoms with E-state index in [0.717, 1.165) is 5.56 Å². The lowest BCUT2D eigenvalue weighted by atomic mass is 9.94. The van der Waals surface area contributed by atoms with Gasteiger partial charge in [-0.05, 0) is 31.5 Å². The molecule has 0 radical (unpaired) electrons. The van der Waals surface area contributed by atoms with Crippen LogP contribution in [0.15, 0.2) is 24.3 Å². The minimum absolute atomic E-state index is 0.435. The summed E-state index contributed by atoms with van der Waals surface area (Å²) in [6, 6.07) is 7.48. The van der Waals surface area contributed by atoms with Crippen molar-refractivity contribution >= 4 is 17.6 Å². The molecule has 4 heteroatoms. The van der Waals surface area contributed by atoms with Crippen LogP contribution in [0.2, 0.25) is 5.02 Å². The Morgan fingerprint density at radius 2 is 1.94 bits per heavy atom. The van der Waals surface area contributed by atoms with E-state index in [1.807, 2.05) is 24.3 Å². The SMILES string of the molecule is CC(C)(CNCc1ccc(Cl)cc1)C(=O)O. The Morgan fingerprint density at radius 1 is 1.38 bits per heavy atom. The second-order valence-corrected chi connectivity index (χ2v) is 4.86. The number of carboxylic acid groups (broad SMARTS) is 1. The van der Waals surface area contributed by atoms with Crippen LogP contribution in [0.3, 0.4) is 0 Å². The van der Waals surface area contributed by atoms with Gasteiger partial charge in [0.2, 0.25) is 0 Å². The van der Waals surface area contributed by atoms with Gasteiger partial charge in [-0.3, -0.25) is 4.79 Å². The number of rotatable bonds is 5. The first-order chi connectivity index (χ1) is 7.42. The number of halogens is 1. The Morgan fingerprint density at radius 3 is 2.44 bits per heavy atom. The molecule has 0 amide bonds. The number of nitrogens with one attached hydrogen (secondary N) is 1. The van der Waals surface area contributed by atoms with Gasteiger partial charge in [-0.2, -0.15) is 0 Å². The number of benzene rings is 1. The van der Waals surface area contributed by atoms with Crippen LogP contribution in [0.5, 0.6) is 0 Å². The number of carboxylic acids is 1. The molecule has 2 N–H and O–H groups in total. The van der Waals surface area contributed by atoms with Crippen molar-refractivity contribution in [1.82, 2.24) is 5.32 Å². The molecule has 16 heavy (non-hydrogen) atoms. The second kappa shape index (κ2) is 5.32. The maximum absolute atomic E-state index is 10.9. The summed E-state index contributed by atoms with van der Waals surface area (Å²) in [5.41, 5.74) is 0.345. The van der Waals surface area contributed by atoms with Crippen LogP contribution in [0, 0.1) is 5.41 Å². The van der Waals surface area contributed by atoms with Crippen LogP contribution in [0.4, 0.5) is 0 Å². The van der Waals surface area contributed by atoms with Crippen molar-refractivity contribution in [2.45, 2.75) is 20.4 Å². The Hall–Kier alpha value is -1.06. The third-order valence-corrected chi connectivity index (χ3v) is 2.64. The first-order valence-corrected chi connectivity index (χ1v) is 5.48. The molecule has 0 heterocycles. The van der Waals surface area contributed by atoms with E-state index in [2.05, 4.69) is 5.32 Å². The maximum Gasteiger partial charge on any atom is 0.310 e. The minimum atomic E-state index is -0.795. The minimum Gasteiger partial charge on any atom is -0.481 e. The summed E-state index contributed by atoms with van der Waals surface area (Å²) in [6.45, 7) is 4.48. The summed E-state index contributed by atoms with van der Waals surface area (Å²) in [4.78, 5) is 10.9. The lowest BCUT2D eigenvalue weighted by Gasteiger charge is -2.19.